The fraction of sp³-hybridized carbons (Fsp3) is 0.875. The van der Waals surface area contributed by atoms with E-state index in [1.54, 1.807) is 0 Å². The Labute approximate surface area is 243 Å². The summed E-state index contributed by atoms with van der Waals surface area (Å²) in [5.41, 5.74) is -2.73. The van der Waals surface area contributed by atoms with E-state index in [4.69, 9.17) is 14.2 Å². The molecule has 0 aliphatic rings. The Balaban J connectivity index is 6.10. The van der Waals surface area contributed by atoms with Gasteiger partial charge in [-0.2, -0.15) is 0 Å². The lowest BCUT2D eigenvalue weighted by Crippen LogP contribution is -2.56. The van der Waals surface area contributed by atoms with E-state index in [0.29, 0.717) is 38.5 Å². The van der Waals surface area contributed by atoms with Gasteiger partial charge in [0, 0.05) is 0 Å². The third-order valence-corrected chi connectivity index (χ3v) is 7.50. The molecule has 40 heavy (non-hydrogen) atoms. The van der Waals surface area contributed by atoms with Crippen LogP contribution >= 0.6 is 0 Å². The Morgan fingerprint density at radius 3 is 1.40 bits per heavy atom. The van der Waals surface area contributed by atoms with E-state index in [-0.39, 0.29) is 6.10 Å². The number of carbonyl (C=O) groups excluding carboxylic acids is 4. The van der Waals surface area contributed by atoms with E-state index in [9.17, 15) is 24.3 Å². The fourth-order valence-electron chi connectivity index (χ4n) is 4.83. The topological polar surface area (TPSA) is 116 Å². The van der Waals surface area contributed by atoms with Gasteiger partial charge < -0.3 is 19.3 Å². The molecule has 5 atom stereocenters. The summed E-state index contributed by atoms with van der Waals surface area (Å²) in [6, 6.07) is 0. The molecule has 0 aromatic heterocycles. The molecule has 0 heterocycles. The van der Waals surface area contributed by atoms with Crippen LogP contribution in [0, 0.1) is 5.92 Å². The number of carbonyl (C=O) groups is 4. The smallest absolute Gasteiger partial charge is 0.340 e. The number of esters is 3. The first-order valence-electron chi connectivity index (χ1n) is 15.9. The van der Waals surface area contributed by atoms with E-state index < -0.39 is 53.8 Å². The molecule has 0 aliphatic heterocycles. The van der Waals surface area contributed by atoms with Crippen molar-refractivity contribution in [1.29, 1.82) is 0 Å². The standard InChI is InChI=1S/C32H58O8/c1-8-14-17-20-25(11-4)38-28(34)23-32(37,31(36)40-27(13-6)22-19-16-10-3)29(24(7)33)30(35)39-26(12-5)21-18-15-9-2/h25-27,29,37H,8-23H2,1-7H3. The highest BCUT2D eigenvalue weighted by molar-refractivity contribution is 6.05. The minimum atomic E-state index is -2.73. The van der Waals surface area contributed by atoms with E-state index in [1.807, 2.05) is 20.8 Å². The zero-order chi connectivity index (χ0) is 30.6. The van der Waals surface area contributed by atoms with Crippen LogP contribution in [0.4, 0.5) is 0 Å². The largest absolute Gasteiger partial charge is 0.462 e. The zero-order valence-corrected chi connectivity index (χ0v) is 26.4. The maximum absolute atomic E-state index is 13.5. The molecule has 0 aliphatic carbocycles. The molecule has 8 heteroatoms. The van der Waals surface area contributed by atoms with Gasteiger partial charge in [-0.1, -0.05) is 80.1 Å². The first kappa shape index (κ1) is 38.0. The second kappa shape index (κ2) is 21.7. The van der Waals surface area contributed by atoms with Crippen molar-refractivity contribution >= 4 is 23.7 Å². The Morgan fingerprint density at radius 1 is 0.625 bits per heavy atom. The van der Waals surface area contributed by atoms with Crippen LogP contribution in [0.2, 0.25) is 0 Å². The summed E-state index contributed by atoms with van der Waals surface area (Å²) in [6.45, 7) is 13.0. The number of hydrogen-bond donors (Lipinski definition) is 1. The van der Waals surface area contributed by atoms with E-state index in [0.717, 1.165) is 64.7 Å². The quantitative estimate of drug-likeness (QED) is 0.0569. The Morgan fingerprint density at radius 2 is 1.02 bits per heavy atom. The first-order chi connectivity index (χ1) is 19.0. The maximum Gasteiger partial charge on any atom is 0.340 e. The molecule has 0 rings (SSSR count). The first-order valence-corrected chi connectivity index (χ1v) is 15.9. The maximum atomic E-state index is 13.5. The van der Waals surface area contributed by atoms with Crippen LogP contribution in [0.1, 0.15) is 151 Å². The number of aliphatic hydroxyl groups is 1. The third-order valence-electron chi connectivity index (χ3n) is 7.50. The van der Waals surface area contributed by atoms with Crippen molar-refractivity contribution in [2.45, 2.75) is 175 Å². The lowest BCUT2D eigenvalue weighted by Gasteiger charge is -2.33. The van der Waals surface area contributed by atoms with Gasteiger partial charge in [-0.25, -0.2) is 4.79 Å². The highest BCUT2D eigenvalue weighted by Crippen LogP contribution is 2.30. The van der Waals surface area contributed by atoms with Gasteiger partial charge >= 0.3 is 17.9 Å². The minimum absolute atomic E-state index is 0.387. The van der Waals surface area contributed by atoms with Crippen molar-refractivity contribution in [2.24, 2.45) is 5.92 Å². The number of unbranched alkanes of at least 4 members (excludes halogenated alkanes) is 6. The van der Waals surface area contributed by atoms with Gasteiger partial charge in [0.05, 0.1) is 6.42 Å². The summed E-state index contributed by atoms with van der Waals surface area (Å²) in [5, 5.41) is 11.8. The van der Waals surface area contributed by atoms with Crippen molar-refractivity contribution in [3.8, 4) is 0 Å². The molecular weight excluding hydrogens is 512 g/mol. The Kier molecular flexibility index (Phi) is 20.7. The molecule has 0 saturated heterocycles. The molecule has 5 unspecified atom stereocenters. The van der Waals surface area contributed by atoms with Crippen LogP contribution in [0.15, 0.2) is 0 Å². The molecule has 0 aromatic rings. The number of ether oxygens (including phenoxy) is 3. The predicted octanol–water partition coefficient (Wildman–Crippen LogP) is 7.02. The third kappa shape index (κ3) is 14.1. The van der Waals surface area contributed by atoms with Crippen molar-refractivity contribution < 1.29 is 38.5 Å². The van der Waals surface area contributed by atoms with Gasteiger partial charge in [-0.05, 0) is 64.7 Å². The molecule has 0 fully saturated rings. The van der Waals surface area contributed by atoms with Crippen LogP contribution in [-0.4, -0.2) is 52.7 Å². The summed E-state index contributed by atoms with van der Waals surface area (Å²) in [4.78, 5) is 52.8. The van der Waals surface area contributed by atoms with Crippen molar-refractivity contribution in [2.75, 3.05) is 0 Å². The zero-order valence-electron chi connectivity index (χ0n) is 26.4. The van der Waals surface area contributed by atoms with Gasteiger partial charge in [-0.15, -0.1) is 0 Å². The lowest BCUT2D eigenvalue weighted by molar-refractivity contribution is -0.193. The van der Waals surface area contributed by atoms with Gasteiger partial charge in [0.2, 0.25) is 0 Å². The van der Waals surface area contributed by atoms with E-state index in [1.165, 1.54) is 0 Å². The second-order valence-corrected chi connectivity index (χ2v) is 11.1. The summed E-state index contributed by atoms with van der Waals surface area (Å²) in [6.07, 6.45) is 9.69. The van der Waals surface area contributed by atoms with Crippen molar-refractivity contribution in [3.63, 3.8) is 0 Å². The van der Waals surface area contributed by atoms with Crippen molar-refractivity contribution in [1.82, 2.24) is 0 Å². The molecule has 0 bridgehead atoms. The predicted molar refractivity (Wildman–Crippen MR) is 157 cm³/mol. The van der Waals surface area contributed by atoms with Gasteiger partial charge in [-0.3, -0.25) is 14.4 Å². The molecule has 0 aromatic carbocycles. The normalized spacial score (nSPS) is 15.8. The highest BCUT2D eigenvalue weighted by Gasteiger charge is 2.55. The molecule has 0 radical (unpaired) electrons. The monoisotopic (exact) mass is 570 g/mol. The van der Waals surface area contributed by atoms with Crippen LogP contribution in [0.3, 0.4) is 0 Å². The summed E-state index contributed by atoms with van der Waals surface area (Å²) < 4.78 is 16.9. The van der Waals surface area contributed by atoms with Crippen molar-refractivity contribution in [3.05, 3.63) is 0 Å². The van der Waals surface area contributed by atoms with Crippen LogP contribution < -0.4 is 0 Å². The highest BCUT2D eigenvalue weighted by atomic mass is 16.6. The minimum Gasteiger partial charge on any atom is -0.462 e. The number of rotatable bonds is 24. The van der Waals surface area contributed by atoms with Crippen LogP contribution in [-0.2, 0) is 33.4 Å². The molecule has 0 spiro atoms. The molecular formula is C32H58O8. The molecule has 1 N–H and O–H groups in total. The summed E-state index contributed by atoms with van der Waals surface area (Å²) >= 11 is 0. The lowest BCUT2D eigenvalue weighted by atomic mass is 9.81. The molecule has 0 amide bonds. The fourth-order valence-corrected chi connectivity index (χ4v) is 4.83. The summed E-state index contributed by atoms with van der Waals surface area (Å²) in [5.74, 6) is -5.70. The Hall–Kier alpha value is -1.96. The van der Waals surface area contributed by atoms with Gasteiger partial charge in [0.25, 0.3) is 0 Å². The summed E-state index contributed by atoms with van der Waals surface area (Å²) in [7, 11) is 0. The van der Waals surface area contributed by atoms with Gasteiger partial charge in [0.1, 0.15) is 24.1 Å². The Bertz CT molecular complexity index is 736. The van der Waals surface area contributed by atoms with E-state index >= 15 is 0 Å². The average molecular weight is 571 g/mol. The SMILES string of the molecule is CCCCCC(CC)OC(=O)CC(O)(C(=O)OC(CC)CCCCC)C(C(C)=O)C(=O)OC(CC)CCCCC. The molecule has 8 nitrogen and oxygen atoms in total. The van der Waals surface area contributed by atoms with E-state index in [2.05, 4.69) is 20.8 Å². The van der Waals surface area contributed by atoms with Gasteiger partial charge in [0.15, 0.2) is 11.5 Å². The average Bonchev–Trinajstić information content (AvgIpc) is 2.91. The second-order valence-electron chi connectivity index (χ2n) is 11.1. The number of Topliss-reactive ketones (excluding diaryl/α,β-unsaturated/α-hetero) is 1. The number of hydrogen-bond acceptors (Lipinski definition) is 8. The van der Waals surface area contributed by atoms with Crippen LogP contribution in [0.25, 0.3) is 0 Å². The van der Waals surface area contributed by atoms with Crippen LogP contribution in [0.5, 0.6) is 0 Å². The number of ketones is 1. The molecule has 0 saturated carbocycles. The molecule has 234 valence electrons.